The van der Waals surface area contributed by atoms with Crippen LogP contribution in [0.15, 0.2) is 18.2 Å². The molecule has 0 aromatic heterocycles. The van der Waals surface area contributed by atoms with Crippen molar-refractivity contribution in [3.63, 3.8) is 0 Å². The molecule has 0 bridgehead atoms. The first-order valence-electron chi connectivity index (χ1n) is 11.2. The van der Waals surface area contributed by atoms with E-state index in [1.54, 1.807) is 23.1 Å². The van der Waals surface area contributed by atoms with Gasteiger partial charge in [0.1, 0.15) is 6.04 Å². The summed E-state index contributed by atoms with van der Waals surface area (Å²) in [5.41, 5.74) is 0.683. The van der Waals surface area contributed by atoms with Crippen LogP contribution in [0.1, 0.15) is 52.4 Å². The molecule has 168 valence electrons. The first-order valence-corrected chi connectivity index (χ1v) is 11.2. The fourth-order valence-electron chi connectivity index (χ4n) is 4.55. The normalized spacial score (nSPS) is 21.6. The number of amides is 3. The highest BCUT2D eigenvalue weighted by Gasteiger charge is 2.37. The molecular weight excluding hydrogens is 398 g/mol. The summed E-state index contributed by atoms with van der Waals surface area (Å²) in [6.45, 7) is 4.51. The summed E-state index contributed by atoms with van der Waals surface area (Å²) in [6.07, 6.45) is 4.94. The highest BCUT2D eigenvalue weighted by Crippen LogP contribution is 2.37. The molecule has 1 saturated carbocycles. The number of anilines is 1. The van der Waals surface area contributed by atoms with Gasteiger partial charge in [-0.05, 0) is 37.3 Å². The zero-order valence-electron chi connectivity index (χ0n) is 18.2. The molecule has 2 aliphatic heterocycles. The van der Waals surface area contributed by atoms with Crippen molar-refractivity contribution in [1.82, 2.24) is 10.6 Å². The van der Waals surface area contributed by atoms with E-state index in [2.05, 4.69) is 10.6 Å². The molecular formula is C23H31N3O5. The Labute approximate surface area is 182 Å². The van der Waals surface area contributed by atoms with Crippen LogP contribution in [0.3, 0.4) is 0 Å². The molecule has 2 atom stereocenters. The van der Waals surface area contributed by atoms with Crippen molar-refractivity contribution >= 4 is 23.4 Å². The van der Waals surface area contributed by atoms with Gasteiger partial charge in [0.2, 0.25) is 24.5 Å². The van der Waals surface area contributed by atoms with Crippen LogP contribution in [0.2, 0.25) is 0 Å². The van der Waals surface area contributed by atoms with Crippen molar-refractivity contribution in [1.29, 1.82) is 0 Å². The summed E-state index contributed by atoms with van der Waals surface area (Å²) in [7, 11) is 0. The molecule has 1 aliphatic carbocycles. The van der Waals surface area contributed by atoms with Gasteiger partial charge in [0.05, 0.1) is 5.92 Å². The van der Waals surface area contributed by atoms with Crippen molar-refractivity contribution in [3.05, 3.63) is 18.2 Å². The summed E-state index contributed by atoms with van der Waals surface area (Å²) >= 11 is 0. The largest absolute Gasteiger partial charge is 0.454 e. The van der Waals surface area contributed by atoms with Crippen LogP contribution in [0.4, 0.5) is 5.69 Å². The topological polar surface area (TPSA) is 97.0 Å². The molecule has 2 N–H and O–H groups in total. The van der Waals surface area contributed by atoms with Crippen LogP contribution in [-0.4, -0.2) is 43.1 Å². The van der Waals surface area contributed by atoms with Crippen molar-refractivity contribution in [2.75, 3.05) is 18.2 Å². The van der Waals surface area contributed by atoms with E-state index in [-0.39, 0.29) is 49.4 Å². The summed E-state index contributed by atoms with van der Waals surface area (Å²) in [5.74, 6) is 0.527. The Hall–Kier alpha value is -2.77. The van der Waals surface area contributed by atoms with Crippen molar-refractivity contribution < 1.29 is 23.9 Å². The predicted molar refractivity (Wildman–Crippen MR) is 115 cm³/mol. The Bertz CT molecular complexity index is 850. The molecule has 8 nitrogen and oxygen atoms in total. The second-order valence-corrected chi connectivity index (χ2v) is 9.12. The molecule has 3 aliphatic rings. The summed E-state index contributed by atoms with van der Waals surface area (Å²) in [5, 5.41) is 6.01. The van der Waals surface area contributed by atoms with E-state index in [4.69, 9.17) is 9.47 Å². The average Bonchev–Trinajstić information content (AvgIpc) is 3.47. The smallest absolute Gasteiger partial charge is 0.242 e. The number of carbonyl (C=O) groups excluding carboxylic acids is 3. The van der Waals surface area contributed by atoms with Crippen LogP contribution >= 0.6 is 0 Å². The molecule has 0 radical (unpaired) electrons. The van der Waals surface area contributed by atoms with Gasteiger partial charge >= 0.3 is 0 Å². The van der Waals surface area contributed by atoms with E-state index in [1.807, 2.05) is 13.8 Å². The second-order valence-electron chi connectivity index (χ2n) is 9.12. The zero-order valence-corrected chi connectivity index (χ0v) is 18.2. The minimum atomic E-state index is -0.581. The van der Waals surface area contributed by atoms with Gasteiger partial charge < -0.3 is 25.0 Å². The third-order valence-corrected chi connectivity index (χ3v) is 6.21. The number of fused-ring (bicyclic) bond motifs is 1. The first kappa shape index (κ1) is 21.5. The Morgan fingerprint density at radius 3 is 2.65 bits per heavy atom. The van der Waals surface area contributed by atoms with E-state index in [0.29, 0.717) is 23.6 Å². The highest BCUT2D eigenvalue weighted by molar-refractivity contribution is 6.01. The Balaban J connectivity index is 1.39. The van der Waals surface area contributed by atoms with Gasteiger partial charge in [-0.3, -0.25) is 14.4 Å². The third-order valence-electron chi connectivity index (χ3n) is 6.21. The maximum absolute atomic E-state index is 13.0. The number of carbonyl (C=O) groups is 3. The highest BCUT2D eigenvalue weighted by atomic mass is 16.7. The third kappa shape index (κ3) is 4.94. The van der Waals surface area contributed by atoms with Crippen molar-refractivity contribution in [3.8, 4) is 11.5 Å². The van der Waals surface area contributed by atoms with Gasteiger partial charge in [-0.2, -0.15) is 0 Å². The monoisotopic (exact) mass is 429 g/mol. The number of benzene rings is 1. The number of hydrogen-bond acceptors (Lipinski definition) is 5. The van der Waals surface area contributed by atoms with Crippen LogP contribution in [0, 0.1) is 11.8 Å². The lowest BCUT2D eigenvalue weighted by atomic mass is 10.0. The lowest BCUT2D eigenvalue weighted by Crippen LogP contribution is -2.51. The fourth-order valence-corrected chi connectivity index (χ4v) is 4.55. The van der Waals surface area contributed by atoms with Crippen LogP contribution in [0.5, 0.6) is 11.5 Å². The molecule has 1 saturated heterocycles. The minimum absolute atomic E-state index is 0.116. The Kier molecular flexibility index (Phi) is 6.34. The molecule has 2 fully saturated rings. The van der Waals surface area contributed by atoms with E-state index in [1.165, 1.54) is 0 Å². The average molecular weight is 430 g/mol. The van der Waals surface area contributed by atoms with Crippen molar-refractivity contribution in [2.24, 2.45) is 11.8 Å². The summed E-state index contributed by atoms with van der Waals surface area (Å²) < 4.78 is 10.7. The molecule has 8 heteroatoms. The molecule has 0 unspecified atom stereocenters. The molecule has 1 aromatic rings. The van der Waals surface area contributed by atoms with Crippen LogP contribution < -0.4 is 25.0 Å². The zero-order chi connectivity index (χ0) is 22.0. The summed E-state index contributed by atoms with van der Waals surface area (Å²) in [6, 6.07) is 4.94. The molecule has 3 amide bonds. The van der Waals surface area contributed by atoms with Crippen LogP contribution in [0.25, 0.3) is 0 Å². The van der Waals surface area contributed by atoms with Gasteiger partial charge in [0.15, 0.2) is 11.5 Å². The number of nitrogens with zero attached hydrogens (tertiary/aromatic N) is 1. The van der Waals surface area contributed by atoms with Gasteiger partial charge in [-0.25, -0.2) is 0 Å². The maximum Gasteiger partial charge on any atom is 0.242 e. The van der Waals surface area contributed by atoms with Gasteiger partial charge in [0, 0.05) is 30.8 Å². The van der Waals surface area contributed by atoms with Crippen molar-refractivity contribution in [2.45, 2.75) is 64.5 Å². The molecule has 31 heavy (non-hydrogen) atoms. The fraction of sp³-hybridized carbons (Fsp3) is 0.609. The standard InChI is InChI=1S/C23H31N3O5/c1-14(2)9-18(23(29)24-16-5-3-4-6-16)25-22(28)15-10-21(27)26(12-15)17-7-8-19-20(11-17)31-13-30-19/h7-8,11,14-16,18H,3-6,9-10,12-13H2,1-2H3,(H,24,29)(H,25,28)/t15-,18+/m1/s1. The number of ether oxygens (including phenoxy) is 2. The second kappa shape index (κ2) is 9.16. The molecule has 1 aromatic carbocycles. The quantitative estimate of drug-likeness (QED) is 0.694. The molecule has 2 heterocycles. The lowest BCUT2D eigenvalue weighted by Gasteiger charge is -2.24. The lowest BCUT2D eigenvalue weighted by molar-refractivity contribution is -0.132. The summed E-state index contributed by atoms with van der Waals surface area (Å²) in [4.78, 5) is 40.0. The van der Waals surface area contributed by atoms with E-state index < -0.39 is 12.0 Å². The van der Waals surface area contributed by atoms with Crippen LogP contribution in [-0.2, 0) is 14.4 Å². The SMILES string of the molecule is CC(C)C[C@H](NC(=O)[C@@H]1CC(=O)N(c2ccc3c(c2)OCO3)C1)C(=O)NC1CCCC1. The number of rotatable bonds is 7. The first-order chi connectivity index (χ1) is 14.9. The van der Waals surface area contributed by atoms with E-state index >= 15 is 0 Å². The predicted octanol–water partition coefficient (Wildman–Crippen LogP) is 2.36. The van der Waals surface area contributed by atoms with Gasteiger partial charge in [-0.1, -0.05) is 26.7 Å². The Morgan fingerprint density at radius 2 is 1.90 bits per heavy atom. The van der Waals surface area contributed by atoms with E-state index in [9.17, 15) is 14.4 Å². The maximum atomic E-state index is 13.0. The van der Waals surface area contributed by atoms with Gasteiger partial charge in [0.25, 0.3) is 0 Å². The Morgan fingerprint density at radius 1 is 1.16 bits per heavy atom. The number of nitrogens with one attached hydrogen (secondary N) is 2. The van der Waals surface area contributed by atoms with E-state index in [0.717, 1.165) is 25.7 Å². The molecule has 0 spiro atoms. The number of hydrogen-bond donors (Lipinski definition) is 2. The molecule has 4 rings (SSSR count). The van der Waals surface area contributed by atoms with Gasteiger partial charge in [-0.15, -0.1) is 0 Å². The minimum Gasteiger partial charge on any atom is -0.454 e.